The van der Waals surface area contributed by atoms with Crippen LogP contribution in [0.25, 0.3) is 0 Å². The van der Waals surface area contributed by atoms with Crippen molar-refractivity contribution in [3.8, 4) is 0 Å². The van der Waals surface area contributed by atoms with E-state index in [1.807, 2.05) is 12.1 Å². The minimum Gasteiger partial charge on any atom is -0.469 e. The normalized spacial score (nSPS) is 25.8. The van der Waals surface area contributed by atoms with Gasteiger partial charge in [0.25, 0.3) is 0 Å². The van der Waals surface area contributed by atoms with Crippen LogP contribution in [0.3, 0.4) is 0 Å². The summed E-state index contributed by atoms with van der Waals surface area (Å²) in [6.07, 6.45) is -2.93. The average molecular weight is 381 g/mol. The second kappa shape index (κ2) is 7.82. The minimum atomic E-state index is -0.847. The number of benzene rings is 2. The van der Waals surface area contributed by atoms with Crippen molar-refractivity contribution in [2.45, 2.75) is 31.5 Å². The summed E-state index contributed by atoms with van der Waals surface area (Å²) in [5, 5.41) is 0. The number of esters is 2. The third-order valence-electron chi connectivity index (χ3n) is 4.54. The molecule has 4 atom stereocenters. The average Bonchev–Trinajstić information content (AvgIpc) is 3.11. The van der Waals surface area contributed by atoms with Gasteiger partial charge in [0, 0.05) is 6.92 Å². The summed E-state index contributed by atoms with van der Waals surface area (Å²) < 4.78 is 22.6. The van der Waals surface area contributed by atoms with Crippen LogP contribution < -0.4 is 0 Å². The summed E-state index contributed by atoms with van der Waals surface area (Å²) in [5.41, 5.74) is 0.798. The van der Waals surface area contributed by atoms with E-state index in [4.69, 9.17) is 18.9 Å². The Kier molecular flexibility index (Phi) is 5.08. The van der Waals surface area contributed by atoms with E-state index in [1.165, 1.54) is 0 Å². The van der Waals surface area contributed by atoms with Crippen molar-refractivity contribution >= 4 is 17.8 Å². The van der Waals surface area contributed by atoms with Crippen molar-refractivity contribution in [3.63, 3.8) is 0 Å². The molecule has 2 aromatic rings. The lowest BCUT2D eigenvalue weighted by atomic mass is 10.0. The van der Waals surface area contributed by atoms with E-state index in [9.17, 15) is 9.59 Å². The Hall–Kier alpha value is -3.19. The van der Waals surface area contributed by atoms with Gasteiger partial charge in [-0.2, -0.15) is 0 Å². The first-order chi connectivity index (χ1) is 13.6. The number of rotatable bonds is 4. The fourth-order valence-electron chi connectivity index (χ4n) is 3.19. The van der Waals surface area contributed by atoms with Gasteiger partial charge in [-0.1, -0.05) is 36.4 Å². The Bertz CT molecular complexity index is 882. The van der Waals surface area contributed by atoms with Crippen LogP contribution in [0, 0.1) is 0 Å². The number of aliphatic imine (C=N–C) groups is 1. The molecular weight excluding hydrogens is 362 g/mol. The van der Waals surface area contributed by atoms with Gasteiger partial charge in [-0.25, -0.2) is 14.6 Å². The summed E-state index contributed by atoms with van der Waals surface area (Å²) in [6, 6.07) is 17.2. The second-order valence-corrected chi connectivity index (χ2v) is 6.50. The van der Waals surface area contributed by atoms with Gasteiger partial charge in [0.2, 0.25) is 0 Å². The number of hydrogen-bond acceptors (Lipinski definition) is 7. The third kappa shape index (κ3) is 3.75. The molecular formula is C21H19NO6. The first-order valence-corrected chi connectivity index (χ1v) is 8.96. The molecule has 4 rings (SSSR count). The van der Waals surface area contributed by atoms with Crippen LogP contribution in [0.4, 0.5) is 0 Å². The molecule has 0 N–H and O–H groups in total. The van der Waals surface area contributed by atoms with Crippen LogP contribution in [0.2, 0.25) is 0 Å². The van der Waals surface area contributed by atoms with Gasteiger partial charge in [0.15, 0.2) is 30.4 Å². The van der Waals surface area contributed by atoms with Gasteiger partial charge in [-0.15, -0.1) is 0 Å². The molecule has 1 saturated heterocycles. The van der Waals surface area contributed by atoms with E-state index in [0.29, 0.717) is 17.0 Å². The molecule has 0 unspecified atom stereocenters. The molecule has 2 heterocycles. The van der Waals surface area contributed by atoms with Crippen molar-refractivity contribution in [3.05, 3.63) is 71.8 Å². The Balaban J connectivity index is 1.54. The van der Waals surface area contributed by atoms with E-state index in [-0.39, 0.29) is 6.61 Å². The largest absolute Gasteiger partial charge is 0.469 e. The highest BCUT2D eigenvalue weighted by Crippen LogP contribution is 2.29. The molecule has 0 amide bonds. The van der Waals surface area contributed by atoms with Gasteiger partial charge >= 0.3 is 11.9 Å². The maximum atomic E-state index is 12.6. The predicted octanol–water partition coefficient (Wildman–Crippen LogP) is 2.61. The number of nitrogens with zero attached hydrogens (tertiary/aromatic N) is 1. The summed E-state index contributed by atoms with van der Waals surface area (Å²) >= 11 is 0. The molecule has 0 radical (unpaired) electrons. The van der Waals surface area contributed by atoms with Crippen LogP contribution in [0.5, 0.6) is 0 Å². The lowest BCUT2D eigenvalue weighted by Crippen LogP contribution is -2.55. The Morgan fingerprint density at radius 3 is 2.11 bits per heavy atom. The SMILES string of the molecule is CC1=N[C@H]2OC[C@H](OC(=O)c3ccccc3)[C@H](OC(=O)c3ccccc3)[C@H]2O1. The van der Waals surface area contributed by atoms with Crippen molar-refractivity contribution in [1.82, 2.24) is 0 Å². The molecule has 0 bridgehead atoms. The molecule has 7 heteroatoms. The highest BCUT2D eigenvalue weighted by atomic mass is 16.6. The van der Waals surface area contributed by atoms with E-state index in [2.05, 4.69) is 4.99 Å². The highest BCUT2D eigenvalue weighted by molar-refractivity contribution is 5.90. The molecule has 2 aromatic carbocycles. The number of fused-ring (bicyclic) bond motifs is 1. The van der Waals surface area contributed by atoms with E-state index in [0.717, 1.165) is 0 Å². The number of hydrogen-bond donors (Lipinski definition) is 0. The summed E-state index contributed by atoms with van der Waals surface area (Å²) in [7, 11) is 0. The van der Waals surface area contributed by atoms with Crippen molar-refractivity contribution in [2.24, 2.45) is 4.99 Å². The number of carbonyl (C=O) groups excluding carboxylic acids is 2. The fraction of sp³-hybridized carbons (Fsp3) is 0.286. The third-order valence-corrected chi connectivity index (χ3v) is 4.54. The fourth-order valence-corrected chi connectivity index (χ4v) is 3.19. The van der Waals surface area contributed by atoms with Crippen LogP contribution in [-0.2, 0) is 18.9 Å². The molecule has 2 aliphatic heterocycles. The van der Waals surface area contributed by atoms with Crippen LogP contribution in [0.15, 0.2) is 65.7 Å². The topological polar surface area (TPSA) is 83.4 Å². The maximum Gasteiger partial charge on any atom is 0.338 e. The van der Waals surface area contributed by atoms with E-state index >= 15 is 0 Å². The minimum absolute atomic E-state index is 0.0482. The van der Waals surface area contributed by atoms with E-state index < -0.39 is 36.5 Å². The van der Waals surface area contributed by atoms with E-state index in [1.54, 1.807) is 55.5 Å². The molecule has 0 aromatic heterocycles. The monoisotopic (exact) mass is 381 g/mol. The Morgan fingerprint density at radius 1 is 0.929 bits per heavy atom. The summed E-state index contributed by atoms with van der Waals surface area (Å²) in [6.45, 7) is 1.75. The molecule has 28 heavy (non-hydrogen) atoms. The highest BCUT2D eigenvalue weighted by Gasteiger charge is 2.49. The lowest BCUT2D eigenvalue weighted by molar-refractivity contribution is -0.171. The smallest absolute Gasteiger partial charge is 0.338 e. The quantitative estimate of drug-likeness (QED) is 0.757. The standard InChI is InChI=1S/C21H19NO6/c1-13-22-19-18(26-13)17(28-21(24)15-10-6-3-7-11-15)16(12-25-19)27-20(23)14-8-4-2-5-9-14/h2-11,16-19H,12H2,1H3/t16-,17-,18+,19-/m0/s1. The molecule has 0 saturated carbocycles. The molecule has 2 aliphatic rings. The number of ether oxygens (including phenoxy) is 4. The summed E-state index contributed by atoms with van der Waals surface area (Å²) in [4.78, 5) is 29.3. The van der Waals surface area contributed by atoms with Crippen LogP contribution >= 0.6 is 0 Å². The zero-order valence-corrected chi connectivity index (χ0v) is 15.2. The lowest BCUT2D eigenvalue weighted by Gasteiger charge is -2.36. The van der Waals surface area contributed by atoms with Crippen molar-refractivity contribution in [2.75, 3.05) is 6.61 Å². The predicted molar refractivity (Wildman–Crippen MR) is 99.0 cm³/mol. The Labute approximate surface area is 161 Å². The zero-order valence-electron chi connectivity index (χ0n) is 15.2. The second-order valence-electron chi connectivity index (χ2n) is 6.50. The zero-order chi connectivity index (χ0) is 19.5. The van der Waals surface area contributed by atoms with Crippen LogP contribution in [0.1, 0.15) is 27.6 Å². The first kappa shape index (κ1) is 18.2. The van der Waals surface area contributed by atoms with Crippen LogP contribution in [-0.4, -0.2) is 49.0 Å². The molecule has 7 nitrogen and oxygen atoms in total. The maximum absolute atomic E-state index is 12.6. The van der Waals surface area contributed by atoms with Crippen molar-refractivity contribution in [1.29, 1.82) is 0 Å². The van der Waals surface area contributed by atoms with Gasteiger partial charge < -0.3 is 18.9 Å². The molecule has 0 spiro atoms. The molecule has 0 aliphatic carbocycles. The Morgan fingerprint density at radius 2 is 1.50 bits per heavy atom. The first-order valence-electron chi connectivity index (χ1n) is 8.96. The van der Waals surface area contributed by atoms with Gasteiger partial charge in [-0.3, -0.25) is 0 Å². The van der Waals surface area contributed by atoms with Crippen molar-refractivity contribution < 1.29 is 28.5 Å². The van der Waals surface area contributed by atoms with Gasteiger partial charge in [-0.05, 0) is 24.3 Å². The molecule has 1 fully saturated rings. The van der Waals surface area contributed by atoms with Gasteiger partial charge in [0.1, 0.15) is 0 Å². The molecule has 144 valence electrons. The summed E-state index contributed by atoms with van der Waals surface area (Å²) in [5.74, 6) is -0.616. The number of carbonyl (C=O) groups is 2. The van der Waals surface area contributed by atoms with Gasteiger partial charge in [0.05, 0.1) is 17.7 Å².